The van der Waals surface area contributed by atoms with Gasteiger partial charge in [0.15, 0.2) is 0 Å². The van der Waals surface area contributed by atoms with Crippen LogP contribution in [-0.4, -0.2) is 11.9 Å². The van der Waals surface area contributed by atoms with Crippen molar-refractivity contribution in [1.82, 2.24) is 0 Å². The van der Waals surface area contributed by atoms with Gasteiger partial charge in [0.2, 0.25) is 0 Å². The van der Waals surface area contributed by atoms with Gasteiger partial charge in [-0.05, 0) is 0 Å². The Hall–Kier alpha value is -1.90. The number of allylic oxidation sites excluding steroid dienone is 4. The number of rotatable bonds is 6. The van der Waals surface area contributed by atoms with E-state index in [1.807, 2.05) is 0 Å². The van der Waals surface area contributed by atoms with Gasteiger partial charge >= 0.3 is 11.9 Å². The molecule has 0 N–H and O–H groups in total. The van der Waals surface area contributed by atoms with Crippen LogP contribution in [0.2, 0.25) is 0 Å². The molecule has 0 unspecified atom stereocenters. The molecule has 0 saturated carbocycles. The van der Waals surface area contributed by atoms with E-state index < -0.39 is 11.9 Å². The third kappa shape index (κ3) is 8.43. The second-order valence-corrected chi connectivity index (χ2v) is 2.58. The summed E-state index contributed by atoms with van der Waals surface area (Å²) in [6.07, 6.45) is 9.60. The van der Waals surface area contributed by atoms with Crippen molar-refractivity contribution in [2.24, 2.45) is 0 Å². The van der Waals surface area contributed by atoms with E-state index in [9.17, 15) is 9.59 Å². The fourth-order valence-corrected chi connectivity index (χ4v) is 0.731. The topological polar surface area (TPSA) is 43.4 Å². The maximum atomic E-state index is 11.0. The zero-order chi connectivity index (χ0) is 11.5. The maximum absolute atomic E-state index is 11.0. The van der Waals surface area contributed by atoms with E-state index in [1.54, 1.807) is 36.5 Å². The standard InChI is InChI=1S/C12H14O3/c1-3-5-7-9-11(13)15-12(14)10-8-6-4-2/h3-8H,1-2,9-10H2. The average molecular weight is 206 g/mol. The summed E-state index contributed by atoms with van der Waals surface area (Å²) in [7, 11) is 0. The smallest absolute Gasteiger partial charge is 0.317 e. The molecular formula is C12H14O3. The predicted octanol–water partition coefficient (Wildman–Crippen LogP) is 2.32. The van der Waals surface area contributed by atoms with Crippen molar-refractivity contribution >= 4 is 11.9 Å². The molecular weight excluding hydrogens is 192 g/mol. The molecule has 0 aliphatic heterocycles. The van der Waals surface area contributed by atoms with Crippen LogP contribution >= 0.6 is 0 Å². The first-order valence-corrected chi connectivity index (χ1v) is 4.49. The Kier molecular flexibility index (Phi) is 7.59. The maximum Gasteiger partial charge on any atom is 0.317 e. The Labute approximate surface area is 89.4 Å². The predicted molar refractivity (Wildman–Crippen MR) is 59.0 cm³/mol. The summed E-state index contributed by atoms with van der Waals surface area (Å²) in [6.45, 7) is 6.89. The fourth-order valence-electron chi connectivity index (χ4n) is 0.731. The molecule has 0 rings (SSSR count). The Bertz CT molecular complexity index is 268. The van der Waals surface area contributed by atoms with Crippen LogP contribution in [0.5, 0.6) is 0 Å². The molecule has 0 aliphatic rings. The monoisotopic (exact) mass is 206 g/mol. The highest BCUT2D eigenvalue weighted by Gasteiger charge is 2.06. The molecule has 0 atom stereocenters. The van der Waals surface area contributed by atoms with Gasteiger partial charge in [-0.3, -0.25) is 9.59 Å². The normalized spacial score (nSPS) is 10.4. The minimum atomic E-state index is -0.565. The lowest BCUT2D eigenvalue weighted by Crippen LogP contribution is -2.10. The number of hydrogen-bond acceptors (Lipinski definition) is 3. The minimum absolute atomic E-state index is 0.0724. The fraction of sp³-hybridized carbons (Fsp3) is 0.167. The van der Waals surface area contributed by atoms with Crippen molar-refractivity contribution in [2.45, 2.75) is 12.8 Å². The van der Waals surface area contributed by atoms with E-state index in [0.717, 1.165) is 0 Å². The van der Waals surface area contributed by atoms with Crippen LogP contribution in [0.25, 0.3) is 0 Å². The van der Waals surface area contributed by atoms with E-state index in [4.69, 9.17) is 0 Å². The first-order chi connectivity index (χ1) is 7.20. The number of ether oxygens (including phenoxy) is 1. The van der Waals surface area contributed by atoms with Gasteiger partial charge in [0.05, 0.1) is 12.8 Å². The van der Waals surface area contributed by atoms with Crippen LogP contribution < -0.4 is 0 Å². The van der Waals surface area contributed by atoms with E-state index in [0.29, 0.717) is 0 Å². The van der Waals surface area contributed by atoms with Crippen molar-refractivity contribution in [3.05, 3.63) is 49.6 Å². The quantitative estimate of drug-likeness (QED) is 0.380. The van der Waals surface area contributed by atoms with Gasteiger partial charge in [-0.25, -0.2) is 0 Å². The molecule has 0 aromatic rings. The van der Waals surface area contributed by atoms with Gasteiger partial charge in [0.25, 0.3) is 0 Å². The number of carbonyl (C=O) groups is 2. The highest BCUT2D eigenvalue weighted by molar-refractivity contribution is 5.86. The molecule has 0 radical (unpaired) electrons. The summed E-state index contributed by atoms with van der Waals surface area (Å²) < 4.78 is 4.49. The molecule has 0 spiro atoms. The average Bonchev–Trinajstić information content (AvgIpc) is 2.18. The van der Waals surface area contributed by atoms with Crippen LogP contribution in [0.1, 0.15) is 12.8 Å². The zero-order valence-electron chi connectivity index (χ0n) is 8.52. The SMILES string of the molecule is C=CC=CCC(=O)OC(=O)CC=CC=C. The molecule has 0 amide bonds. The summed E-state index contributed by atoms with van der Waals surface area (Å²) >= 11 is 0. The summed E-state index contributed by atoms with van der Waals surface area (Å²) in [5.41, 5.74) is 0. The van der Waals surface area contributed by atoms with Crippen LogP contribution in [0.3, 0.4) is 0 Å². The molecule has 0 heterocycles. The molecule has 0 fully saturated rings. The second kappa shape index (κ2) is 8.69. The molecule has 3 nitrogen and oxygen atoms in total. The molecule has 0 aliphatic carbocycles. The first-order valence-electron chi connectivity index (χ1n) is 4.49. The Morgan fingerprint density at radius 1 is 0.933 bits per heavy atom. The van der Waals surface area contributed by atoms with Crippen molar-refractivity contribution in [1.29, 1.82) is 0 Å². The van der Waals surface area contributed by atoms with E-state index in [2.05, 4.69) is 17.9 Å². The van der Waals surface area contributed by atoms with Crippen molar-refractivity contribution in [3.63, 3.8) is 0 Å². The van der Waals surface area contributed by atoms with Crippen molar-refractivity contribution in [3.8, 4) is 0 Å². The second-order valence-electron chi connectivity index (χ2n) is 2.58. The minimum Gasteiger partial charge on any atom is -0.393 e. The number of esters is 2. The molecule has 0 bridgehead atoms. The lowest BCUT2D eigenvalue weighted by atomic mass is 10.3. The Balaban J connectivity index is 3.80. The Morgan fingerprint density at radius 3 is 1.67 bits per heavy atom. The highest BCUT2D eigenvalue weighted by atomic mass is 16.6. The lowest BCUT2D eigenvalue weighted by molar-refractivity contribution is -0.158. The molecule has 0 aromatic carbocycles. The highest BCUT2D eigenvalue weighted by Crippen LogP contribution is 1.94. The van der Waals surface area contributed by atoms with Crippen molar-refractivity contribution in [2.75, 3.05) is 0 Å². The molecule has 0 aromatic heterocycles. The van der Waals surface area contributed by atoms with Crippen molar-refractivity contribution < 1.29 is 14.3 Å². The number of carbonyl (C=O) groups excluding carboxylic acids is 2. The summed E-state index contributed by atoms with van der Waals surface area (Å²) in [6, 6.07) is 0. The van der Waals surface area contributed by atoms with Gasteiger partial charge in [-0.15, -0.1) is 0 Å². The summed E-state index contributed by atoms with van der Waals surface area (Å²) in [4.78, 5) is 22.0. The third-order valence-electron chi connectivity index (χ3n) is 1.34. The van der Waals surface area contributed by atoms with Crippen LogP contribution in [-0.2, 0) is 14.3 Å². The zero-order valence-corrected chi connectivity index (χ0v) is 8.52. The Morgan fingerprint density at radius 2 is 1.33 bits per heavy atom. The summed E-state index contributed by atoms with van der Waals surface area (Å²) in [5, 5.41) is 0. The number of hydrogen-bond donors (Lipinski definition) is 0. The molecule has 0 saturated heterocycles. The summed E-state index contributed by atoms with van der Waals surface area (Å²) in [5.74, 6) is -1.13. The van der Waals surface area contributed by atoms with Gasteiger partial charge in [-0.1, -0.05) is 49.6 Å². The first kappa shape index (κ1) is 13.1. The molecule has 15 heavy (non-hydrogen) atoms. The van der Waals surface area contributed by atoms with E-state index >= 15 is 0 Å². The van der Waals surface area contributed by atoms with Gasteiger partial charge in [0.1, 0.15) is 0 Å². The largest absolute Gasteiger partial charge is 0.393 e. The third-order valence-corrected chi connectivity index (χ3v) is 1.34. The molecule has 80 valence electrons. The van der Waals surface area contributed by atoms with Gasteiger partial charge in [0, 0.05) is 0 Å². The van der Waals surface area contributed by atoms with Crippen LogP contribution in [0, 0.1) is 0 Å². The van der Waals surface area contributed by atoms with E-state index in [1.165, 1.54) is 0 Å². The lowest BCUT2D eigenvalue weighted by Gasteiger charge is -1.97. The molecule has 3 heteroatoms. The van der Waals surface area contributed by atoms with Gasteiger partial charge < -0.3 is 4.74 Å². The van der Waals surface area contributed by atoms with Gasteiger partial charge in [-0.2, -0.15) is 0 Å². The van der Waals surface area contributed by atoms with E-state index in [-0.39, 0.29) is 12.8 Å². The van der Waals surface area contributed by atoms with Crippen LogP contribution in [0.15, 0.2) is 49.6 Å². The van der Waals surface area contributed by atoms with Crippen LogP contribution in [0.4, 0.5) is 0 Å².